The van der Waals surface area contributed by atoms with Crippen LogP contribution < -0.4 is 15.2 Å². The summed E-state index contributed by atoms with van der Waals surface area (Å²) in [6.45, 7) is 11.5. The molecule has 0 aromatic heterocycles. The second-order valence-corrected chi connectivity index (χ2v) is 10.4. The van der Waals surface area contributed by atoms with Crippen LogP contribution in [0, 0.1) is 11.8 Å². The molecule has 1 aromatic rings. The van der Waals surface area contributed by atoms with Gasteiger partial charge in [-0.05, 0) is 42.9 Å². The van der Waals surface area contributed by atoms with Gasteiger partial charge in [0, 0.05) is 25.7 Å². The van der Waals surface area contributed by atoms with Gasteiger partial charge in [0.25, 0.3) is 0 Å². The number of nitrogens with two attached hydrogens (primary N) is 1. The summed E-state index contributed by atoms with van der Waals surface area (Å²) in [7, 11) is 0. The highest BCUT2D eigenvalue weighted by atomic mass is 16.7. The lowest BCUT2D eigenvalue weighted by molar-refractivity contribution is -0.144. The Labute approximate surface area is 231 Å². The Hall–Kier alpha value is -3.14. The van der Waals surface area contributed by atoms with Crippen LogP contribution in [0.3, 0.4) is 0 Å². The number of hydrogen-bond acceptors (Lipinski definition) is 9. The van der Waals surface area contributed by atoms with Crippen LogP contribution in [0.25, 0.3) is 0 Å². The van der Waals surface area contributed by atoms with Crippen LogP contribution in [0.5, 0.6) is 11.5 Å². The monoisotopic (exact) mass is 551 g/mol. The van der Waals surface area contributed by atoms with Crippen molar-refractivity contribution >= 4 is 24.1 Å². The van der Waals surface area contributed by atoms with E-state index in [9.17, 15) is 24.3 Å². The molecule has 0 amide bonds. The molecule has 3 N–H and O–H groups in total. The van der Waals surface area contributed by atoms with E-state index in [1.54, 1.807) is 6.07 Å². The van der Waals surface area contributed by atoms with Crippen LogP contribution in [-0.4, -0.2) is 47.4 Å². The first-order valence-corrected chi connectivity index (χ1v) is 13.7. The van der Waals surface area contributed by atoms with E-state index in [1.807, 2.05) is 34.6 Å². The molecule has 0 saturated heterocycles. The van der Waals surface area contributed by atoms with Gasteiger partial charge in [-0.1, -0.05) is 59.9 Å². The molecule has 0 spiro atoms. The molecule has 0 aliphatic carbocycles. The molecule has 4 atom stereocenters. The third-order valence-corrected chi connectivity index (χ3v) is 6.49. The molecule has 0 radical (unpaired) electrons. The lowest BCUT2D eigenvalue weighted by Crippen LogP contribution is -2.52. The van der Waals surface area contributed by atoms with Crippen LogP contribution in [0.2, 0.25) is 0 Å². The number of rotatable bonds is 17. The zero-order valence-electron chi connectivity index (χ0n) is 24.1. The standard InChI is InChI=1S/C29H45NO9/c1-7-10-13-36-28(35)37-21(6)17-29(30,27(33)34)18-22-11-12-23(38-25(31)14-19(4)8-2)24(16-22)39-26(32)15-20(5)9-3/h11-12,16,19-21H,7-10,13-15,17-18,30H2,1-6H3,(H,33,34)/t19?,20?,21-,29?/m0/s1. The highest BCUT2D eigenvalue weighted by molar-refractivity contribution is 5.79. The molecule has 39 heavy (non-hydrogen) atoms. The molecule has 1 aromatic carbocycles. The predicted octanol–water partition coefficient (Wildman–Crippen LogP) is 5.43. The highest BCUT2D eigenvalue weighted by Crippen LogP contribution is 2.32. The number of hydrogen-bond donors (Lipinski definition) is 2. The first kappa shape index (κ1) is 33.9. The number of esters is 2. The summed E-state index contributed by atoms with van der Waals surface area (Å²) < 4.78 is 21.2. The summed E-state index contributed by atoms with van der Waals surface area (Å²) in [6.07, 6.45) is 1.39. The van der Waals surface area contributed by atoms with Crippen molar-refractivity contribution in [2.24, 2.45) is 17.6 Å². The number of carboxylic acids is 1. The van der Waals surface area contributed by atoms with Gasteiger partial charge in [0.2, 0.25) is 0 Å². The fourth-order valence-electron chi connectivity index (χ4n) is 3.66. The highest BCUT2D eigenvalue weighted by Gasteiger charge is 2.37. The molecular weight excluding hydrogens is 506 g/mol. The van der Waals surface area contributed by atoms with Gasteiger partial charge < -0.3 is 29.8 Å². The SMILES string of the molecule is CCCCOC(=O)O[C@@H](C)CC(N)(Cc1ccc(OC(=O)CC(C)CC)c(OC(=O)CC(C)CC)c1)C(=O)O. The zero-order valence-corrected chi connectivity index (χ0v) is 24.1. The predicted molar refractivity (Wildman–Crippen MR) is 146 cm³/mol. The summed E-state index contributed by atoms with van der Waals surface area (Å²) in [6, 6.07) is 4.48. The number of benzene rings is 1. The van der Waals surface area contributed by atoms with E-state index in [0.717, 1.165) is 19.3 Å². The minimum absolute atomic E-state index is 0.00911. The summed E-state index contributed by atoms with van der Waals surface area (Å²) in [5, 5.41) is 9.92. The van der Waals surface area contributed by atoms with Crippen molar-refractivity contribution in [3.05, 3.63) is 23.8 Å². The normalized spacial score (nSPS) is 14.8. The first-order chi connectivity index (χ1) is 18.3. The Kier molecular flexibility index (Phi) is 14.5. The molecule has 3 unspecified atom stereocenters. The van der Waals surface area contributed by atoms with Gasteiger partial charge in [-0.15, -0.1) is 0 Å². The molecule has 0 aliphatic heterocycles. The topological polar surface area (TPSA) is 151 Å². The first-order valence-electron chi connectivity index (χ1n) is 13.7. The Morgan fingerprint density at radius 2 is 1.49 bits per heavy atom. The van der Waals surface area contributed by atoms with Crippen molar-refractivity contribution < 1.29 is 43.2 Å². The second-order valence-electron chi connectivity index (χ2n) is 10.4. The van der Waals surface area contributed by atoms with Crippen molar-refractivity contribution in [3.63, 3.8) is 0 Å². The fraction of sp³-hybridized carbons (Fsp3) is 0.655. The maximum Gasteiger partial charge on any atom is 0.508 e. The lowest BCUT2D eigenvalue weighted by Gasteiger charge is -2.28. The maximum atomic E-state index is 12.5. The number of carboxylic acid groups (broad SMARTS) is 1. The van der Waals surface area contributed by atoms with Crippen LogP contribution in [0.4, 0.5) is 4.79 Å². The van der Waals surface area contributed by atoms with E-state index in [2.05, 4.69) is 0 Å². The van der Waals surface area contributed by atoms with Gasteiger partial charge in [-0.3, -0.25) is 14.4 Å². The smallest absolute Gasteiger partial charge is 0.480 e. The number of aliphatic carboxylic acids is 1. The van der Waals surface area contributed by atoms with Crippen molar-refractivity contribution in [1.29, 1.82) is 0 Å². The van der Waals surface area contributed by atoms with E-state index in [-0.39, 0.29) is 55.6 Å². The minimum atomic E-state index is -1.81. The van der Waals surface area contributed by atoms with Gasteiger partial charge in [-0.2, -0.15) is 0 Å². The molecule has 220 valence electrons. The number of ether oxygens (including phenoxy) is 4. The van der Waals surface area contributed by atoms with Crippen LogP contribution >= 0.6 is 0 Å². The van der Waals surface area contributed by atoms with Crippen molar-refractivity contribution in [3.8, 4) is 11.5 Å². The third kappa shape index (κ3) is 12.5. The summed E-state index contributed by atoms with van der Waals surface area (Å²) >= 11 is 0. The number of unbranched alkanes of at least 4 members (excludes halogenated alkanes) is 1. The Balaban J connectivity index is 3.14. The molecular formula is C29H45NO9. The summed E-state index contributed by atoms with van der Waals surface area (Å²) in [5.74, 6) is -1.97. The van der Waals surface area contributed by atoms with E-state index in [1.165, 1.54) is 19.1 Å². The van der Waals surface area contributed by atoms with Crippen molar-refractivity contribution in [2.75, 3.05) is 6.61 Å². The fourth-order valence-corrected chi connectivity index (χ4v) is 3.66. The summed E-state index contributed by atoms with van der Waals surface area (Å²) in [4.78, 5) is 49.0. The lowest BCUT2D eigenvalue weighted by atomic mass is 9.86. The maximum absolute atomic E-state index is 12.5. The largest absolute Gasteiger partial charge is 0.508 e. The Morgan fingerprint density at radius 3 is 2.00 bits per heavy atom. The Bertz CT molecular complexity index is 964. The number of carbonyl (C=O) groups is 4. The molecule has 10 nitrogen and oxygen atoms in total. The van der Waals surface area contributed by atoms with E-state index >= 15 is 0 Å². The van der Waals surface area contributed by atoms with Gasteiger partial charge in [0.05, 0.1) is 6.61 Å². The number of carbonyl (C=O) groups excluding carboxylic acids is 3. The van der Waals surface area contributed by atoms with Crippen molar-refractivity contribution in [1.82, 2.24) is 0 Å². The van der Waals surface area contributed by atoms with Gasteiger partial charge in [0.1, 0.15) is 11.6 Å². The molecule has 0 aliphatic rings. The molecule has 0 saturated carbocycles. The Morgan fingerprint density at radius 1 is 0.923 bits per heavy atom. The quantitative estimate of drug-likeness (QED) is 0.146. The van der Waals surface area contributed by atoms with Gasteiger partial charge >= 0.3 is 24.1 Å². The summed E-state index contributed by atoms with van der Waals surface area (Å²) in [5.41, 5.74) is 4.90. The molecule has 0 fully saturated rings. The average molecular weight is 552 g/mol. The van der Waals surface area contributed by atoms with E-state index < -0.39 is 35.7 Å². The molecule has 0 heterocycles. The van der Waals surface area contributed by atoms with Crippen molar-refractivity contribution in [2.45, 2.75) is 105 Å². The average Bonchev–Trinajstić information content (AvgIpc) is 2.85. The van der Waals surface area contributed by atoms with Gasteiger partial charge in [0.15, 0.2) is 11.5 Å². The second kappa shape index (κ2) is 16.7. The van der Waals surface area contributed by atoms with Crippen LogP contribution in [-0.2, 0) is 30.3 Å². The van der Waals surface area contributed by atoms with E-state index in [4.69, 9.17) is 24.7 Å². The van der Waals surface area contributed by atoms with Gasteiger partial charge in [-0.25, -0.2) is 4.79 Å². The molecule has 10 heteroatoms. The molecule has 1 rings (SSSR count). The van der Waals surface area contributed by atoms with Crippen LogP contribution in [0.15, 0.2) is 18.2 Å². The zero-order chi connectivity index (χ0) is 29.6. The molecule has 0 bridgehead atoms. The van der Waals surface area contributed by atoms with Crippen LogP contribution in [0.1, 0.15) is 92.1 Å². The minimum Gasteiger partial charge on any atom is -0.480 e. The third-order valence-electron chi connectivity index (χ3n) is 6.49. The van der Waals surface area contributed by atoms with E-state index in [0.29, 0.717) is 12.0 Å².